The van der Waals surface area contributed by atoms with Crippen LogP contribution in [0.2, 0.25) is 0 Å². The lowest BCUT2D eigenvalue weighted by Crippen LogP contribution is -2.51. The fourth-order valence-electron chi connectivity index (χ4n) is 2.80. The summed E-state index contributed by atoms with van der Waals surface area (Å²) in [6, 6.07) is 0.495. The summed E-state index contributed by atoms with van der Waals surface area (Å²) in [6.45, 7) is 4.29. The Hall–Kier alpha value is -0.610. The summed E-state index contributed by atoms with van der Waals surface area (Å²) in [5.74, 6) is 1.41. The first-order valence-electron chi connectivity index (χ1n) is 6.38. The molecule has 3 atom stereocenters. The molecule has 2 rings (SSSR count). The van der Waals surface area contributed by atoms with Crippen LogP contribution in [-0.2, 0) is 0 Å². The maximum atomic E-state index is 8.97. The number of thiocarbonyl (C=S) groups is 1. The van der Waals surface area contributed by atoms with E-state index in [2.05, 4.69) is 36.6 Å². The summed E-state index contributed by atoms with van der Waals surface area (Å²) >= 11 is 5.34. The zero-order chi connectivity index (χ0) is 12.5. The Kier molecular flexibility index (Phi) is 3.73. The number of hydrogen-bond acceptors (Lipinski definition) is 2. The molecular weight excluding hydrogens is 232 g/mol. The molecule has 3 nitrogen and oxygen atoms in total. The predicted octanol–water partition coefficient (Wildman–Crippen LogP) is 1.58. The van der Waals surface area contributed by atoms with Gasteiger partial charge in [0, 0.05) is 18.2 Å². The van der Waals surface area contributed by atoms with Crippen molar-refractivity contribution in [1.82, 2.24) is 10.6 Å². The average Bonchev–Trinajstić information content (AvgIpc) is 2.77. The molecule has 2 aliphatic rings. The van der Waals surface area contributed by atoms with Gasteiger partial charge >= 0.3 is 0 Å². The molecule has 1 saturated carbocycles. The zero-order valence-corrected chi connectivity index (χ0v) is 11.4. The monoisotopic (exact) mass is 254 g/mol. The molecule has 0 heterocycles. The first-order valence-corrected chi connectivity index (χ1v) is 6.79. The van der Waals surface area contributed by atoms with E-state index in [-0.39, 0.29) is 12.1 Å². The van der Waals surface area contributed by atoms with Crippen LogP contribution >= 0.6 is 12.2 Å². The van der Waals surface area contributed by atoms with Gasteiger partial charge in [0.15, 0.2) is 5.11 Å². The Morgan fingerprint density at radius 3 is 2.71 bits per heavy atom. The van der Waals surface area contributed by atoms with Gasteiger partial charge in [0.05, 0.1) is 0 Å². The van der Waals surface area contributed by atoms with Gasteiger partial charge in [-0.15, -0.1) is 0 Å². The molecule has 1 fully saturated rings. The van der Waals surface area contributed by atoms with Gasteiger partial charge in [0.25, 0.3) is 0 Å². The molecule has 0 aromatic rings. The van der Waals surface area contributed by atoms with Gasteiger partial charge in [-0.05, 0) is 57.2 Å². The van der Waals surface area contributed by atoms with Gasteiger partial charge in [-0.3, -0.25) is 0 Å². The van der Waals surface area contributed by atoms with Gasteiger partial charge < -0.3 is 15.7 Å². The predicted molar refractivity (Wildman–Crippen MR) is 73.8 cm³/mol. The molecule has 0 radical (unpaired) electrons. The van der Waals surface area contributed by atoms with E-state index >= 15 is 0 Å². The molecule has 4 heteroatoms. The standard InChI is InChI=1S/C13H22N2OS/c1-13(2,5-6-16)15-12(17)14-11-8-9-3-4-10(11)7-9/h3-4,9-11,16H,5-8H2,1-2H3,(H2,14,15,17)/t9-,10-,11-/m0/s1. The van der Waals surface area contributed by atoms with E-state index in [1.165, 1.54) is 12.8 Å². The largest absolute Gasteiger partial charge is 0.396 e. The molecule has 0 spiro atoms. The maximum absolute atomic E-state index is 8.97. The fourth-order valence-corrected chi connectivity index (χ4v) is 3.23. The van der Waals surface area contributed by atoms with Crippen LogP contribution in [0.3, 0.4) is 0 Å². The molecule has 17 heavy (non-hydrogen) atoms. The molecule has 0 unspecified atom stereocenters. The van der Waals surface area contributed by atoms with Crippen molar-refractivity contribution in [3.63, 3.8) is 0 Å². The highest BCUT2D eigenvalue weighted by Crippen LogP contribution is 2.38. The van der Waals surface area contributed by atoms with E-state index in [4.69, 9.17) is 17.3 Å². The van der Waals surface area contributed by atoms with Crippen molar-refractivity contribution in [1.29, 1.82) is 0 Å². The van der Waals surface area contributed by atoms with Crippen LogP contribution < -0.4 is 10.6 Å². The lowest BCUT2D eigenvalue weighted by Gasteiger charge is -2.30. The number of rotatable bonds is 4. The minimum absolute atomic E-state index is 0.147. The van der Waals surface area contributed by atoms with E-state index in [1.807, 2.05) is 0 Å². The molecule has 3 N–H and O–H groups in total. The first kappa shape index (κ1) is 12.8. The maximum Gasteiger partial charge on any atom is 0.166 e. The number of nitrogens with one attached hydrogen (secondary N) is 2. The van der Waals surface area contributed by atoms with Gasteiger partial charge in [-0.1, -0.05) is 12.2 Å². The van der Waals surface area contributed by atoms with E-state index < -0.39 is 0 Å². The van der Waals surface area contributed by atoms with E-state index in [1.54, 1.807) is 0 Å². The SMILES string of the molecule is CC(C)(CCO)NC(=S)N[C@H]1C[C@H]2C=C[C@H]1C2. The second-order valence-corrected chi connectivity index (χ2v) is 6.25. The summed E-state index contributed by atoms with van der Waals surface area (Å²) in [5, 5.41) is 16.4. The quantitative estimate of drug-likeness (QED) is 0.526. The number of hydrogen-bond donors (Lipinski definition) is 3. The van der Waals surface area contributed by atoms with Crippen molar-refractivity contribution in [2.24, 2.45) is 11.8 Å². The minimum Gasteiger partial charge on any atom is -0.396 e. The van der Waals surface area contributed by atoms with E-state index in [9.17, 15) is 0 Å². The van der Waals surface area contributed by atoms with Crippen LogP contribution in [0, 0.1) is 11.8 Å². The van der Waals surface area contributed by atoms with Gasteiger partial charge in [-0.25, -0.2) is 0 Å². The van der Waals surface area contributed by atoms with Crippen molar-refractivity contribution < 1.29 is 5.11 Å². The molecule has 0 aromatic carbocycles. The Labute approximate surface area is 109 Å². The number of fused-ring (bicyclic) bond motifs is 2. The third-order valence-corrected chi connectivity index (χ3v) is 4.00. The Bertz CT molecular complexity index is 327. The second-order valence-electron chi connectivity index (χ2n) is 5.84. The van der Waals surface area contributed by atoms with Crippen molar-refractivity contribution in [2.45, 2.75) is 44.7 Å². The molecular formula is C13H22N2OS. The van der Waals surface area contributed by atoms with Crippen LogP contribution in [0.1, 0.15) is 33.1 Å². The third kappa shape index (κ3) is 3.19. The Morgan fingerprint density at radius 2 is 2.18 bits per heavy atom. The summed E-state index contributed by atoms with van der Waals surface area (Å²) in [7, 11) is 0. The molecule has 2 bridgehead atoms. The Balaban J connectivity index is 1.80. The molecule has 0 aliphatic heterocycles. The normalized spacial score (nSPS) is 30.6. The summed E-state index contributed by atoms with van der Waals surface area (Å²) in [6.07, 6.45) is 7.82. The van der Waals surface area contributed by atoms with Crippen LogP contribution in [0.5, 0.6) is 0 Å². The lowest BCUT2D eigenvalue weighted by molar-refractivity contribution is 0.244. The van der Waals surface area contributed by atoms with Crippen LogP contribution in [-0.4, -0.2) is 28.4 Å². The van der Waals surface area contributed by atoms with Gasteiger partial charge in [0.1, 0.15) is 0 Å². The summed E-state index contributed by atoms with van der Waals surface area (Å²) in [4.78, 5) is 0. The van der Waals surface area contributed by atoms with Crippen molar-refractivity contribution in [2.75, 3.05) is 6.61 Å². The topological polar surface area (TPSA) is 44.3 Å². The fraction of sp³-hybridized carbons (Fsp3) is 0.769. The van der Waals surface area contributed by atoms with Crippen LogP contribution in [0.4, 0.5) is 0 Å². The first-order chi connectivity index (χ1) is 8.00. The highest BCUT2D eigenvalue weighted by atomic mass is 32.1. The average molecular weight is 254 g/mol. The lowest BCUT2D eigenvalue weighted by atomic mass is 10.0. The van der Waals surface area contributed by atoms with Crippen LogP contribution in [0.25, 0.3) is 0 Å². The van der Waals surface area contributed by atoms with Crippen LogP contribution in [0.15, 0.2) is 12.2 Å². The zero-order valence-electron chi connectivity index (χ0n) is 10.6. The molecule has 0 saturated heterocycles. The summed E-state index contributed by atoms with van der Waals surface area (Å²) in [5.41, 5.74) is -0.147. The summed E-state index contributed by atoms with van der Waals surface area (Å²) < 4.78 is 0. The van der Waals surface area contributed by atoms with Gasteiger partial charge in [-0.2, -0.15) is 0 Å². The number of aliphatic hydroxyl groups is 1. The van der Waals surface area contributed by atoms with Crippen molar-refractivity contribution >= 4 is 17.3 Å². The second kappa shape index (κ2) is 4.94. The van der Waals surface area contributed by atoms with E-state index in [0.717, 1.165) is 11.0 Å². The highest BCUT2D eigenvalue weighted by Gasteiger charge is 2.36. The number of allylic oxidation sites excluding steroid dienone is 1. The Morgan fingerprint density at radius 1 is 1.41 bits per heavy atom. The highest BCUT2D eigenvalue weighted by molar-refractivity contribution is 7.80. The molecule has 2 aliphatic carbocycles. The van der Waals surface area contributed by atoms with Crippen molar-refractivity contribution in [3.05, 3.63) is 12.2 Å². The molecule has 0 amide bonds. The minimum atomic E-state index is -0.147. The number of aliphatic hydroxyl groups excluding tert-OH is 1. The van der Waals surface area contributed by atoms with Crippen molar-refractivity contribution in [3.8, 4) is 0 Å². The van der Waals surface area contributed by atoms with Gasteiger partial charge in [0.2, 0.25) is 0 Å². The third-order valence-electron chi connectivity index (χ3n) is 3.78. The van der Waals surface area contributed by atoms with E-state index in [0.29, 0.717) is 18.4 Å². The molecule has 0 aromatic heterocycles. The smallest absolute Gasteiger partial charge is 0.166 e. The molecule has 96 valence electrons.